The van der Waals surface area contributed by atoms with Gasteiger partial charge in [-0.2, -0.15) is 0 Å². The Labute approximate surface area is 173 Å². The Bertz CT molecular complexity index is 1090. The van der Waals surface area contributed by atoms with Crippen LogP contribution in [-0.4, -0.2) is 34.3 Å². The Balaban J connectivity index is 2.20. The van der Waals surface area contributed by atoms with Gasteiger partial charge in [-0.1, -0.05) is 18.2 Å². The van der Waals surface area contributed by atoms with Crippen molar-refractivity contribution in [3.8, 4) is 5.69 Å². The molecule has 0 aliphatic carbocycles. The van der Waals surface area contributed by atoms with Crippen LogP contribution < -0.4 is 5.32 Å². The topological polar surface area (TPSA) is 82.4 Å². The number of methoxy groups -OCH3 is 1. The molecular formula is C22H24FN3O4. The standard InChI is InChI=1S/C22H24FN3O4/c1-13(24-21(28)30-22(2,3)4)19-25-16-12-11-15(23)17(20(27)29-5)18(16)26(19)14-9-7-6-8-10-14/h6-13H,1-5H3,(H,24,28). The molecule has 3 rings (SSSR count). The maximum Gasteiger partial charge on any atom is 0.408 e. The first-order valence-corrected chi connectivity index (χ1v) is 9.46. The average molecular weight is 413 g/mol. The zero-order chi connectivity index (χ0) is 22.1. The number of nitrogens with zero attached hydrogens (tertiary/aromatic N) is 2. The molecule has 1 amide bonds. The van der Waals surface area contributed by atoms with Gasteiger partial charge in [0.25, 0.3) is 0 Å². The molecule has 1 aromatic heterocycles. The lowest BCUT2D eigenvalue weighted by Gasteiger charge is -2.22. The number of amides is 1. The van der Waals surface area contributed by atoms with Crippen molar-refractivity contribution in [3.05, 3.63) is 59.7 Å². The van der Waals surface area contributed by atoms with E-state index in [0.29, 0.717) is 17.0 Å². The van der Waals surface area contributed by atoms with Crippen LogP contribution in [0.5, 0.6) is 0 Å². The molecule has 8 heteroatoms. The van der Waals surface area contributed by atoms with Gasteiger partial charge < -0.3 is 14.8 Å². The molecule has 158 valence electrons. The molecule has 1 atom stereocenters. The minimum atomic E-state index is -0.811. The van der Waals surface area contributed by atoms with E-state index in [1.54, 1.807) is 44.4 Å². The first-order chi connectivity index (χ1) is 14.1. The van der Waals surface area contributed by atoms with E-state index >= 15 is 0 Å². The van der Waals surface area contributed by atoms with Crippen molar-refractivity contribution < 1.29 is 23.5 Å². The number of halogens is 1. The summed E-state index contributed by atoms with van der Waals surface area (Å²) in [5, 5.41) is 2.75. The third-order valence-corrected chi connectivity index (χ3v) is 4.32. The molecule has 30 heavy (non-hydrogen) atoms. The zero-order valence-corrected chi connectivity index (χ0v) is 17.5. The number of rotatable bonds is 4. The van der Waals surface area contributed by atoms with Crippen molar-refractivity contribution in [1.29, 1.82) is 0 Å². The predicted octanol–water partition coefficient (Wildman–Crippen LogP) is 4.54. The minimum absolute atomic E-state index is 0.220. The zero-order valence-electron chi connectivity index (χ0n) is 17.5. The van der Waals surface area contributed by atoms with Crippen molar-refractivity contribution in [2.24, 2.45) is 0 Å². The van der Waals surface area contributed by atoms with Crippen molar-refractivity contribution in [1.82, 2.24) is 14.9 Å². The number of carbonyl (C=O) groups is 2. The van der Waals surface area contributed by atoms with Crippen LogP contribution in [0.1, 0.15) is 49.9 Å². The quantitative estimate of drug-likeness (QED) is 0.635. The fourth-order valence-corrected chi connectivity index (χ4v) is 3.13. The molecule has 1 N–H and O–H groups in total. The van der Waals surface area contributed by atoms with Crippen LogP contribution >= 0.6 is 0 Å². The second-order valence-corrected chi connectivity index (χ2v) is 7.79. The van der Waals surface area contributed by atoms with Crippen LogP contribution in [0.2, 0.25) is 0 Å². The van der Waals surface area contributed by atoms with Crippen molar-refractivity contribution >= 4 is 23.1 Å². The number of ether oxygens (including phenoxy) is 2. The van der Waals surface area contributed by atoms with E-state index < -0.39 is 29.5 Å². The molecule has 0 spiro atoms. The lowest BCUT2D eigenvalue weighted by atomic mass is 10.1. The molecular weight excluding hydrogens is 389 g/mol. The molecule has 7 nitrogen and oxygen atoms in total. The molecule has 1 heterocycles. The summed E-state index contributed by atoms with van der Waals surface area (Å²) in [6.45, 7) is 7.03. The van der Waals surface area contributed by atoms with Crippen molar-refractivity contribution in [3.63, 3.8) is 0 Å². The van der Waals surface area contributed by atoms with Crippen LogP contribution in [0, 0.1) is 5.82 Å². The number of para-hydroxylation sites is 1. The number of benzene rings is 2. The van der Waals surface area contributed by atoms with Crippen molar-refractivity contribution in [2.45, 2.75) is 39.3 Å². The van der Waals surface area contributed by atoms with E-state index in [0.717, 1.165) is 0 Å². The fourth-order valence-electron chi connectivity index (χ4n) is 3.13. The molecule has 0 fully saturated rings. The molecule has 2 aromatic carbocycles. The van der Waals surface area contributed by atoms with Gasteiger partial charge in [-0.25, -0.2) is 19.0 Å². The third kappa shape index (κ3) is 4.27. The number of carbonyl (C=O) groups excluding carboxylic acids is 2. The van der Waals surface area contributed by atoms with Gasteiger partial charge in [0.1, 0.15) is 22.8 Å². The van der Waals surface area contributed by atoms with Gasteiger partial charge in [0, 0.05) is 5.69 Å². The number of hydrogen-bond donors (Lipinski definition) is 1. The number of nitrogens with one attached hydrogen (secondary N) is 1. The minimum Gasteiger partial charge on any atom is -0.465 e. The van der Waals surface area contributed by atoms with Crippen LogP contribution in [0.15, 0.2) is 42.5 Å². The summed E-state index contributed by atoms with van der Waals surface area (Å²) in [7, 11) is 1.19. The number of esters is 1. The Hall–Kier alpha value is -3.42. The Kier molecular flexibility index (Phi) is 5.78. The monoisotopic (exact) mass is 413 g/mol. The van der Waals surface area contributed by atoms with E-state index in [1.807, 2.05) is 18.2 Å². The molecule has 1 unspecified atom stereocenters. The van der Waals surface area contributed by atoms with Crippen LogP contribution in [0.3, 0.4) is 0 Å². The van der Waals surface area contributed by atoms with Crippen LogP contribution in [0.25, 0.3) is 16.7 Å². The maximum absolute atomic E-state index is 14.6. The van der Waals surface area contributed by atoms with Gasteiger partial charge in [0.05, 0.1) is 24.2 Å². The van der Waals surface area contributed by atoms with Gasteiger partial charge in [0.15, 0.2) is 0 Å². The predicted molar refractivity (Wildman–Crippen MR) is 110 cm³/mol. The SMILES string of the molecule is COC(=O)c1c(F)ccc2nc(C(C)NC(=O)OC(C)(C)C)n(-c3ccccc3)c12. The average Bonchev–Trinajstić information content (AvgIpc) is 3.06. The molecule has 0 bridgehead atoms. The molecule has 0 saturated heterocycles. The smallest absolute Gasteiger partial charge is 0.408 e. The fraction of sp³-hybridized carbons (Fsp3) is 0.318. The summed E-state index contributed by atoms with van der Waals surface area (Å²) in [6, 6.07) is 11.1. The molecule has 3 aromatic rings. The third-order valence-electron chi connectivity index (χ3n) is 4.32. The second-order valence-electron chi connectivity index (χ2n) is 7.79. The van der Waals surface area contributed by atoms with Crippen molar-refractivity contribution in [2.75, 3.05) is 7.11 Å². The highest BCUT2D eigenvalue weighted by molar-refractivity contribution is 6.03. The highest BCUT2D eigenvalue weighted by atomic mass is 19.1. The number of aromatic nitrogens is 2. The summed E-state index contributed by atoms with van der Waals surface area (Å²) in [5.41, 5.74) is 0.435. The van der Waals surface area contributed by atoms with Crippen LogP contribution in [-0.2, 0) is 9.47 Å². The van der Waals surface area contributed by atoms with Gasteiger partial charge in [-0.05, 0) is 52.0 Å². The summed E-state index contributed by atoms with van der Waals surface area (Å²) in [4.78, 5) is 29.2. The number of alkyl carbamates (subject to hydrolysis) is 1. The number of hydrogen-bond acceptors (Lipinski definition) is 5. The summed E-state index contributed by atoms with van der Waals surface area (Å²) < 4.78 is 26.4. The lowest BCUT2D eigenvalue weighted by molar-refractivity contribution is 0.0504. The van der Waals surface area contributed by atoms with Crippen LogP contribution in [0.4, 0.5) is 9.18 Å². The van der Waals surface area contributed by atoms with E-state index in [2.05, 4.69) is 10.3 Å². The highest BCUT2D eigenvalue weighted by Crippen LogP contribution is 2.30. The summed E-state index contributed by atoms with van der Waals surface area (Å²) in [5.74, 6) is -1.11. The Morgan fingerprint density at radius 3 is 2.40 bits per heavy atom. The van der Waals surface area contributed by atoms with E-state index in [4.69, 9.17) is 9.47 Å². The van der Waals surface area contributed by atoms with E-state index in [9.17, 15) is 14.0 Å². The van der Waals surface area contributed by atoms with Gasteiger partial charge in [-0.15, -0.1) is 0 Å². The maximum atomic E-state index is 14.6. The number of imidazole rings is 1. The number of fused-ring (bicyclic) bond motifs is 1. The normalized spacial score (nSPS) is 12.5. The summed E-state index contributed by atoms with van der Waals surface area (Å²) >= 11 is 0. The van der Waals surface area contributed by atoms with E-state index in [1.165, 1.54) is 19.2 Å². The lowest BCUT2D eigenvalue weighted by Crippen LogP contribution is -2.34. The second kappa shape index (κ2) is 8.14. The largest absolute Gasteiger partial charge is 0.465 e. The highest BCUT2D eigenvalue weighted by Gasteiger charge is 2.27. The van der Waals surface area contributed by atoms with Gasteiger partial charge in [-0.3, -0.25) is 4.57 Å². The molecule has 0 saturated carbocycles. The van der Waals surface area contributed by atoms with Gasteiger partial charge >= 0.3 is 12.1 Å². The summed E-state index contributed by atoms with van der Waals surface area (Å²) in [6.07, 6.45) is -0.610. The first-order valence-electron chi connectivity index (χ1n) is 9.46. The van der Waals surface area contributed by atoms with Gasteiger partial charge in [0.2, 0.25) is 0 Å². The first kappa shape index (κ1) is 21.3. The molecule has 0 aliphatic heterocycles. The molecule has 0 radical (unpaired) electrons. The van der Waals surface area contributed by atoms with E-state index in [-0.39, 0.29) is 11.1 Å². The Morgan fingerprint density at radius 2 is 1.80 bits per heavy atom. The Morgan fingerprint density at radius 1 is 1.13 bits per heavy atom. The molecule has 0 aliphatic rings.